The lowest BCUT2D eigenvalue weighted by Gasteiger charge is -2.02. The van der Waals surface area contributed by atoms with E-state index in [0.717, 1.165) is 0 Å². The summed E-state index contributed by atoms with van der Waals surface area (Å²) in [5.41, 5.74) is 0.443. The minimum Gasteiger partial charge on any atom is -0.310 e. The average molecular weight is 193 g/mol. The van der Waals surface area contributed by atoms with Gasteiger partial charge >= 0.3 is 0 Å². The lowest BCUT2D eigenvalue weighted by Crippen LogP contribution is -2.13. The van der Waals surface area contributed by atoms with E-state index in [1.165, 1.54) is 0 Å². The molecular formula is C7H15NO3S. The Labute approximate surface area is 73.6 Å². The van der Waals surface area contributed by atoms with Gasteiger partial charge in [-0.3, -0.25) is 4.18 Å². The zero-order valence-corrected chi connectivity index (χ0v) is 8.28. The van der Waals surface area contributed by atoms with Crippen LogP contribution in [0.3, 0.4) is 0 Å². The van der Waals surface area contributed by atoms with Crippen molar-refractivity contribution >= 4 is 15.8 Å². The van der Waals surface area contributed by atoms with Crippen LogP contribution >= 0.6 is 0 Å². The maximum atomic E-state index is 10.9. The number of rotatable bonds is 6. The second-order valence-corrected chi connectivity index (χ2v) is 4.13. The zero-order valence-electron chi connectivity index (χ0n) is 7.46. The molecule has 1 N–H and O–H groups in total. The summed E-state index contributed by atoms with van der Waals surface area (Å²) in [5, 5.41) is 7.23. The first-order valence-corrected chi connectivity index (χ1v) is 5.53. The smallest absolute Gasteiger partial charge is 0.267 e. The fourth-order valence-corrected chi connectivity index (χ4v) is 1.64. The maximum Gasteiger partial charge on any atom is 0.267 e. The van der Waals surface area contributed by atoms with Crippen molar-refractivity contribution in [3.05, 3.63) is 0 Å². The van der Waals surface area contributed by atoms with Gasteiger partial charge in [0.2, 0.25) is 0 Å². The molecule has 12 heavy (non-hydrogen) atoms. The lowest BCUT2D eigenvalue weighted by atomic mass is 10.2. The molecule has 0 saturated carbocycles. The number of nitrogens with one attached hydrogen (secondary N) is 1. The van der Waals surface area contributed by atoms with Crippen LogP contribution in [-0.2, 0) is 14.3 Å². The highest BCUT2D eigenvalue weighted by atomic mass is 32.2. The van der Waals surface area contributed by atoms with Gasteiger partial charge in [-0.1, -0.05) is 6.92 Å². The van der Waals surface area contributed by atoms with Crippen molar-refractivity contribution in [1.82, 2.24) is 0 Å². The van der Waals surface area contributed by atoms with E-state index >= 15 is 0 Å². The fourth-order valence-electron chi connectivity index (χ4n) is 0.663. The molecule has 0 aromatic carbocycles. The van der Waals surface area contributed by atoms with Crippen molar-refractivity contribution in [2.24, 2.45) is 0 Å². The molecule has 0 aliphatic heterocycles. The largest absolute Gasteiger partial charge is 0.310 e. The molecule has 72 valence electrons. The van der Waals surface area contributed by atoms with Gasteiger partial charge in [0.1, 0.15) is 0 Å². The number of hydrogen-bond donors (Lipinski definition) is 1. The Morgan fingerprint density at radius 1 is 1.42 bits per heavy atom. The van der Waals surface area contributed by atoms with Gasteiger partial charge in [-0.25, -0.2) is 0 Å². The summed E-state index contributed by atoms with van der Waals surface area (Å²) < 4.78 is 26.4. The van der Waals surface area contributed by atoms with Crippen LogP contribution in [0.15, 0.2) is 0 Å². The van der Waals surface area contributed by atoms with Crippen LogP contribution in [0.2, 0.25) is 0 Å². The highest BCUT2D eigenvalue weighted by Crippen LogP contribution is 1.98. The van der Waals surface area contributed by atoms with Crippen LogP contribution < -0.4 is 0 Å². The molecule has 4 nitrogen and oxygen atoms in total. The van der Waals surface area contributed by atoms with Gasteiger partial charge in [0, 0.05) is 12.1 Å². The van der Waals surface area contributed by atoms with E-state index in [1.807, 2.05) is 6.92 Å². The molecule has 0 saturated heterocycles. The predicted octanol–water partition coefficient (Wildman–Crippen LogP) is 1.17. The Balaban J connectivity index is 3.84. The van der Waals surface area contributed by atoms with Crippen LogP contribution in [-0.4, -0.2) is 26.5 Å². The van der Waals surface area contributed by atoms with E-state index in [0.29, 0.717) is 12.1 Å². The Kier molecular flexibility index (Phi) is 5.08. The standard InChI is InChI=1S/C7H15NO3S/c1-3-7(8)5-6-12(9,10)11-4-2/h8H,3-6H2,1-2H3. The molecule has 0 aliphatic rings. The van der Waals surface area contributed by atoms with Crippen LogP contribution in [0.1, 0.15) is 26.7 Å². The highest BCUT2D eigenvalue weighted by molar-refractivity contribution is 7.86. The van der Waals surface area contributed by atoms with Crippen molar-refractivity contribution < 1.29 is 12.6 Å². The normalized spacial score (nSPS) is 11.5. The molecule has 0 aromatic heterocycles. The third-order valence-corrected chi connectivity index (χ3v) is 2.68. The third kappa shape index (κ3) is 5.26. The summed E-state index contributed by atoms with van der Waals surface area (Å²) in [5.74, 6) is -0.0759. The molecule has 0 fully saturated rings. The molecule has 0 rings (SSSR count). The first kappa shape index (κ1) is 11.6. The SMILES string of the molecule is CCOS(=O)(=O)CCC(=N)CC. The summed E-state index contributed by atoms with van der Waals surface area (Å²) in [6.07, 6.45) is 0.875. The Morgan fingerprint density at radius 2 is 2.00 bits per heavy atom. The molecule has 0 radical (unpaired) electrons. The zero-order chi connectivity index (χ0) is 9.61. The molecule has 5 heteroatoms. The Morgan fingerprint density at radius 3 is 2.42 bits per heavy atom. The molecule has 0 aromatic rings. The molecule has 0 atom stereocenters. The molecule has 0 aliphatic carbocycles. The molecule has 0 bridgehead atoms. The first-order chi connectivity index (χ1) is 5.52. The van der Waals surface area contributed by atoms with Crippen LogP contribution in [0.5, 0.6) is 0 Å². The minimum atomic E-state index is -3.38. The maximum absolute atomic E-state index is 10.9. The van der Waals surface area contributed by atoms with Gasteiger partial charge in [-0.15, -0.1) is 0 Å². The van der Waals surface area contributed by atoms with Gasteiger partial charge in [-0.05, 0) is 13.3 Å². The third-order valence-electron chi connectivity index (χ3n) is 1.38. The van der Waals surface area contributed by atoms with Gasteiger partial charge in [0.05, 0.1) is 12.4 Å². The van der Waals surface area contributed by atoms with E-state index in [-0.39, 0.29) is 18.8 Å². The molecule has 0 spiro atoms. The molecule has 0 unspecified atom stereocenters. The lowest BCUT2D eigenvalue weighted by molar-refractivity contribution is 0.338. The second-order valence-electron chi connectivity index (χ2n) is 2.38. The van der Waals surface area contributed by atoms with E-state index in [2.05, 4.69) is 4.18 Å². The Bertz CT molecular complexity index is 233. The molecule has 0 heterocycles. The monoisotopic (exact) mass is 193 g/mol. The van der Waals surface area contributed by atoms with Gasteiger partial charge in [0.25, 0.3) is 10.1 Å². The quantitative estimate of drug-likeness (QED) is 0.508. The van der Waals surface area contributed by atoms with Crippen molar-refractivity contribution in [1.29, 1.82) is 5.41 Å². The predicted molar refractivity (Wildman–Crippen MR) is 48.0 cm³/mol. The van der Waals surface area contributed by atoms with Gasteiger partial charge < -0.3 is 5.41 Å². The van der Waals surface area contributed by atoms with Crippen molar-refractivity contribution in [3.63, 3.8) is 0 Å². The fraction of sp³-hybridized carbons (Fsp3) is 0.857. The van der Waals surface area contributed by atoms with Crippen molar-refractivity contribution in [2.45, 2.75) is 26.7 Å². The second kappa shape index (κ2) is 5.27. The minimum absolute atomic E-state index is 0.0759. The summed E-state index contributed by atoms with van der Waals surface area (Å²) in [7, 11) is -3.38. The molecular weight excluding hydrogens is 178 g/mol. The van der Waals surface area contributed by atoms with E-state index in [1.54, 1.807) is 6.92 Å². The number of hydrogen-bond acceptors (Lipinski definition) is 4. The van der Waals surface area contributed by atoms with Gasteiger partial charge in [-0.2, -0.15) is 8.42 Å². The van der Waals surface area contributed by atoms with Crippen LogP contribution in [0.25, 0.3) is 0 Å². The topological polar surface area (TPSA) is 67.2 Å². The van der Waals surface area contributed by atoms with E-state index < -0.39 is 10.1 Å². The Hall–Kier alpha value is -0.420. The van der Waals surface area contributed by atoms with E-state index in [9.17, 15) is 8.42 Å². The summed E-state index contributed by atoms with van der Waals surface area (Å²) in [6, 6.07) is 0. The molecule has 0 amide bonds. The van der Waals surface area contributed by atoms with Crippen molar-refractivity contribution in [3.8, 4) is 0 Å². The highest BCUT2D eigenvalue weighted by Gasteiger charge is 2.10. The first-order valence-electron chi connectivity index (χ1n) is 3.95. The van der Waals surface area contributed by atoms with Crippen LogP contribution in [0, 0.1) is 5.41 Å². The van der Waals surface area contributed by atoms with Crippen LogP contribution in [0.4, 0.5) is 0 Å². The van der Waals surface area contributed by atoms with Crippen molar-refractivity contribution in [2.75, 3.05) is 12.4 Å². The summed E-state index contributed by atoms with van der Waals surface area (Å²) in [6.45, 7) is 3.63. The van der Waals surface area contributed by atoms with E-state index in [4.69, 9.17) is 5.41 Å². The summed E-state index contributed by atoms with van der Waals surface area (Å²) >= 11 is 0. The summed E-state index contributed by atoms with van der Waals surface area (Å²) in [4.78, 5) is 0. The van der Waals surface area contributed by atoms with Gasteiger partial charge in [0.15, 0.2) is 0 Å². The average Bonchev–Trinajstić information content (AvgIpc) is 2.00.